The van der Waals surface area contributed by atoms with E-state index in [1.807, 2.05) is 36.4 Å². The zero-order valence-electron chi connectivity index (χ0n) is 20.7. The Morgan fingerprint density at radius 2 is 1.87 bits per heavy atom. The van der Waals surface area contributed by atoms with Gasteiger partial charge in [0.25, 0.3) is 0 Å². The Morgan fingerprint density at radius 3 is 2.62 bits per heavy atom. The number of nitrogens with zero attached hydrogens (tertiary/aromatic N) is 4. The fourth-order valence-electron chi connectivity index (χ4n) is 4.50. The second kappa shape index (κ2) is 11.1. The Bertz CT molecular complexity index is 1490. The topological polar surface area (TPSA) is 184 Å². The molecule has 5 atom stereocenters. The van der Waals surface area contributed by atoms with E-state index in [-0.39, 0.29) is 11.3 Å². The van der Waals surface area contributed by atoms with Crippen LogP contribution in [0.15, 0.2) is 49.1 Å². The third-order valence-corrected chi connectivity index (χ3v) is 7.60. The lowest BCUT2D eigenvalue weighted by Crippen LogP contribution is -2.35. The highest BCUT2D eigenvalue weighted by Gasteiger charge is 2.54. The molecule has 2 aliphatic heterocycles. The van der Waals surface area contributed by atoms with Gasteiger partial charge in [0.15, 0.2) is 39.3 Å². The summed E-state index contributed by atoms with van der Waals surface area (Å²) in [6, 6.07) is 9.02. The fourth-order valence-corrected chi connectivity index (χ4v) is 5.76. The molecule has 2 fully saturated rings. The van der Waals surface area contributed by atoms with Gasteiger partial charge in [0, 0.05) is 6.54 Å². The molecule has 0 unspecified atom stereocenters. The molecule has 0 bridgehead atoms. The van der Waals surface area contributed by atoms with Crippen LogP contribution in [0, 0.1) is 0 Å². The number of carbonyl (C=O) groups is 2. The van der Waals surface area contributed by atoms with E-state index >= 15 is 0 Å². The summed E-state index contributed by atoms with van der Waals surface area (Å²) >= 11 is 0. The minimum absolute atomic E-state index is 0.173. The predicted molar refractivity (Wildman–Crippen MR) is 137 cm³/mol. The SMILES string of the molecule is CCNC(=O)Nc1ncnc2c1ncn2[C@@H]1O[C@H](CS(=O)(=O)CC(=O)O)[C@H]2O[C@H](/C=C/c3ccccc3)O[C@H]21. The number of carboxylic acids is 1. The van der Waals surface area contributed by atoms with E-state index in [0.29, 0.717) is 12.2 Å². The number of hydrogen-bond donors (Lipinski definition) is 3. The van der Waals surface area contributed by atoms with Crippen LogP contribution in [0.1, 0.15) is 18.7 Å². The summed E-state index contributed by atoms with van der Waals surface area (Å²) < 4.78 is 44.9. The number of benzene rings is 1. The average molecular weight is 559 g/mol. The Hall–Kier alpha value is -3.92. The third kappa shape index (κ3) is 5.90. The van der Waals surface area contributed by atoms with E-state index < -0.39 is 64.2 Å². The molecule has 0 spiro atoms. The molecule has 1 aromatic carbocycles. The number of anilines is 1. The Labute approximate surface area is 222 Å². The molecule has 0 saturated carbocycles. The van der Waals surface area contributed by atoms with Crippen molar-refractivity contribution in [3.8, 4) is 0 Å². The van der Waals surface area contributed by atoms with E-state index in [1.165, 1.54) is 12.7 Å². The highest BCUT2D eigenvalue weighted by Crippen LogP contribution is 2.41. The summed E-state index contributed by atoms with van der Waals surface area (Å²) in [4.78, 5) is 35.8. The molecule has 2 aliphatic rings. The third-order valence-electron chi connectivity index (χ3n) is 6.08. The van der Waals surface area contributed by atoms with Gasteiger partial charge in [-0.3, -0.25) is 14.7 Å². The molecule has 2 saturated heterocycles. The zero-order chi connectivity index (χ0) is 27.6. The van der Waals surface area contributed by atoms with Gasteiger partial charge in [-0.25, -0.2) is 28.2 Å². The van der Waals surface area contributed by atoms with Gasteiger partial charge in [0.1, 0.15) is 30.4 Å². The van der Waals surface area contributed by atoms with Gasteiger partial charge in [-0.1, -0.05) is 36.4 Å². The molecule has 39 heavy (non-hydrogen) atoms. The molecule has 14 nitrogen and oxygen atoms in total. The second-order valence-electron chi connectivity index (χ2n) is 8.88. The zero-order valence-corrected chi connectivity index (χ0v) is 21.5. The molecule has 15 heteroatoms. The van der Waals surface area contributed by atoms with Gasteiger partial charge in [0.05, 0.1) is 12.1 Å². The number of imidazole rings is 1. The Balaban J connectivity index is 1.44. The van der Waals surface area contributed by atoms with Crippen LogP contribution in [0.2, 0.25) is 0 Å². The number of sulfone groups is 1. The first-order valence-corrected chi connectivity index (χ1v) is 13.9. The molecule has 4 heterocycles. The summed E-state index contributed by atoms with van der Waals surface area (Å²) in [7, 11) is -4.02. The van der Waals surface area contributed by atoms with Crippen LogP contribution in [0.4, 0.5) is 10.6 Å². The van der Waals surface area contributed by atoms with Crippen molar-refractivity contribution >= 4 is 44.9 Å². The molecule has 5 rings (SSSR count). The minimum Gasteiger partial charge on any atom is -0.480 e. The highest BCUT2D eigenvalue weighted by atomic mass is 32.2. The van der Waals surface area contributed by atoms with E-state index in [9.17, 15) is 18.0 Å². The number of ether oxygens (including phenoxy) is 3. The van der Waals surface area contributed by atoms with Crippen LogP contribution in [-0.2, 0) is 28.8 Å². The summed E-state index contributed by atoms with van der Waals surface area (Å²) in [5.74, 6) is -2.91. The number of nitrogens with one attached hydrogen (secondary N) is 2. The first-order chi connectivity index (χ1) is 18.7. The molecule has 206 valence electrons. The van der Waals surface area contributed by atoms with Crippen LogP contribution in [0.5, 0.6) is 0 Å². The van der Waals surface area contributed by atoms with E-state index in [1.54, 1.807) is 17.6 Å². The maximum Gasteiger partial charge on any atom is 0.320 e. The number of rotatable bonds is 9. The van der Waals surface area contributed by atoms with Gasteiger partial charge < -0.3 is 24.6 Å². The largest absolute Gasteiger partial charge is 0.480 e. The number of aromatic nitrogens is 4. The van der Waals surface area contributed by atoms with Crippen LogP contribution < -0.4 is 10.6 Å². The molecule has 3 aromatic rings. The quantitative estimate of drug-likeness (QED) is 0.343. The fraction of sp³-hybridized carbons (Fsp3) is 0.375. The minimum atomic E-state index is -4.02. The summed E-state index contributed by atoms with van der Waals surface area (Å²) in [5.41, 5.74) is 1.51. The van der Waals surface area contributed by atoms with Gasteiger partial charge in [0.2, 0.25) is 0 Å². The average Bonchev–Trinajstić information content (AvgIpc) is 3.57. The monoisotopic (exact) mass is 558 g/mol. The van der Waals surface area contributed by atoms with Crippen molar-refractivity contribution in [2.45, 2.75) is 37.8 Å². The van der Waals surface area contributed by atoms with Crippen molar-refractivity contribution in [1.29, 1.82) is 0 Å². The highest BCUT2D eigenvalue weighted by molar-refractivity contribution is 7.92. The van der Waals surface area contributed by atoms with E-state index in [4.69, 9.17) is 19.3 Å². The first-order valence-electron chi connectivity index (χ1n) is 12.1. The number of aliphatic carboxylic acids is 1. The van der Waals surface area contributed by atoms with Crippen molar-refractivity contribution in [2.24, 2.45) is 0 Å². The lowest BCUT2D eigenvalue weighted by Gasteiger charge is -2.20. The summed E-state index contributed by atoms with van der Waals surface area (Å²) in [6.45, 7) is 2.19. The van der Waals surface area contributed by atoms with Crippen molar-refractivity contribution in [3.63, 3.8) is 0 Å². The number of hydrogen-bond acceptors (Lipinski definition) is 10. The van der Waals surface area contributed by atoms with Crippen molar-refractivity contribution in [1.82, 2.24) is 24.8 Å². The van der Waals surface area contributed by atoms with E-state index in [0.717, 1.165) is 5.56 Å². The maximum atomic E-state index is 12.5. The summed E-state index contributed by atoms with van der Waals surface area (Å²) in [5, 5.41) is 14.3. The summed E-state index contributed by atoms with van der Waals surface area (Å²) in [6.07, 6.45) is 1.86. The first kappa shape index (κ1) is 26.7. The lowest BCUT2D eigenvalue weighted by molar-refractivity contribution is -0.134. The van der Waals surface area contributed by atoms with Gasteiger partial charge in [-0.15, -0.1) is 0 Å². The number of urea groups is 1. The number of amides is 2. The molecule has 0 radical (unpaired) electrons. The smallest absolute Gasteiger partial charge is 0.320 e. The molecule has 2 aromatic heterocycles. The lowest BCUT2D eigenvalue weighted by atomic mass is 10.1. The molecule has 3 N–H and O–H groups in total. The second-order valence-corrected chi connectivity index (χ2v) is 11.0. The van der Waals surface area contributed by atoms with Gasteiger partial charge >= 0.3 is 12.0 Å². The number of fused-ring (bicyclic) bond motifs is 2. The van der Waals surface area contributed by atoms with Crippen molar-refractivity contribution < 1.29 is 37.3 Å². The van der Waals surface area contributed by atoms with E-state index in [2.05, 4.69) is 25.6 Å². The molecular weight excluding hydrogens is 532 g/mol. The molecule has 0 aliphatic carbocycles. The molecule has 2 amide bonds. The van der Waals surface area contributed by atoms with Crippen LogP contribution in [-0.4, -0.2) is 87.7 Å². The van der Waals surface area contributed by atoms with Gasteiger partial charge in [-0.05, 0) is 18.6 Å². The standard InChI is InChI=1S/C24H26N6O8S/c1-2-25-24(33)29-21-18-22(27-12-26-21)30(13-28-18)23-20-19(15(36-23)10-39(34,35)11-16(31)32)37-17(38-20)9-8-14-6-4-3-5-7-14/h3-9,12-13,15,17,19-20,23H,2,10-11H2,1H3,(H,31,32)(H2,25,26,27,29,33)/b9-8+/t15-,17+,19-,20-,23-/m1/s1. The molecular formula is C24H26N6O8S. The van der Waals surface area contributed by atoms with Crippen LogP contribution >= 0.6 is 0 Å². The van der Waals surface area contributed by atoms with Crippen molar-refractivity contribution in [3.05, 3.63) is 54.6 Å². The predicted octanol–water partition coefficient (Wildman–Crippen LogP) is 1.19. The number of carbonyl (C=O) groups excluding carboxylic acids is 1. The Morgan fingerprint density at radius 1 is 1.10 bits per heavy atom. The number of carboxylic acid groups (broad SMARTS) is 1. The normalized spacial score (nSPS) is 24.7. The van der Waals surface area contributed by atoms with Gasteiger partial charge in [-0.2, -0.15) is 0 Å². The van der Waals surface area contributed by atoms with Crippen molar-refractivity contribution in [2.75, 3.05) is 23.4 Å². The Kier molecular flexibility index (Phi) is 7.56. The van der Waals surface area contributed by atoms with Crippen LogP contribution in [0.3, 0.4) is 0 Å². The van der Waals surface area contributed by atoms with Crippen LogP contribution in [0.25, 0.3) is 17.2 Å². The maximum absolute atomic E-state index is 12.5.